The summed E-state index contributed by atoms with van der Waals surface area (Å²) in [6, 6.07) is 11.0. The number of piperazine rings is 1. The van der Waals surface area contributed by atoms with Crippen LogP contribution in [0.2, 0.25) is 0 Å². The third-order valence-electron chi connectivity index (χ3n) is 4.99. The van der Waals surface area contributed by atoms with E-state index in [-0.39, 0.29) is 10.8 Å². The maximum Gasteiger partial charge on any atom is 0.255 e. The second-order valence-corrected chi connectivity index (χ2v) is 8.84. The SMILES string of the molecule is COc1ccc(OC)c(NC(=O)c2ccc(S(=O)(=O)N3CC[NH+](C)CC3)cc2)c1. The van der Waals surface area contributed by atoms with E-state index >= 15 is 0 Å². The van der Waals surface area contributed by atoms with Crippen molar-refractivity contribution in [3.8, 4) is 11.5 Å². The summed E-state index contributed by atoms with van der Waals surface area (Å²) in [6.45, 7) is 2.54. The van der Waals surface area contributed by atoms with Gasteiger partial charge in [-0.3, -0.25) is 4.79 Å². The predicted octanol–water partition coefficient (Wildman–Crippen LogP) is 0.475. The van der Waals surface area contributed by atoms with Crippen LogP contribution in [0.25, 0.3) is 0 Å². The van der Waals surface area contributed by atoms with Crippen LogP contribution in [0.1, 0.15) is 10.4 Å². The lowest BCUT2D eigenvalue weighted by Crippen LogP contribution is -3.12. The van der Waals surface area contributed by atoms with Gasteiger partial charge in [-0.1, -0.05) is 0 Å². The Kier molecular flexibility index (Phi) is 6.41. The van der Waals surface area contributed by atoms with Gasteiger partial charge in [0.1, 0.15) is 11.5 Å². The van der Waals surface area contributed by atoms with Crippen molar-refractivity contribution in [3.05, 3.63) is 48.0 Å². The Balaban J connectivity index is 1.75. The van der Waals surface area contributed by atoms with E-state index in [4.69, 9.17) is 9.47 Å². The molecule has 0 atom stereocenters. The van der Waals surface area contributed by atoms with Crippen molar-refractivity contribution >= 4 is 21.6 Å². The highest BCUT2D eigenvalue weighted by molar-refractivity contribution is 7.89. The summed E-state index contributed by atoms with van der Waals surface area (Å²) in [6.07, 6.45) is 0. The number of carbonyl (C=O) groups excluding carboxylic acids is 1. The van der Waals surface area contributed by atoms with E-state index in [1.807, 2.05) is 0 Å². The van der Waals surface area contributed by atoms with Crippen molar-refractivity contribution in [1.29, 1.82) is 0 Å². The second kappa shape index (κ2) is 8.81. The van der Waals surface area contributed by atoms with Crippen molar-refractivity contribution in [2.75, 3.05) is 52.8 Å². The molecule has 2 aromatic carbocycles. The summed E-state index contributed by atoms with van der Waals surface area (Å²) in [4.78, 5) is 14.1. The van der Waals surface area contributed by atoms with Crippen LogP contribution in [0, 0.1) is 0 Å². The number of quaternary nitrogens is 1. The summed E-state index contributed by atoms with van der Waals surface area (Å²) in [5.74, 6) is 0.704. The van der Waals surface area contributed by atoms with Gasteiger partial charge in [-0.25, -0.2) is 8.42 Å². The number of hydrogen-bond acceptors (Lipinski definition) is 5. The fourth-order valence-electron chi connectivity index (χ4n) is 3.14. The number of sulfonamides is 1. The van der Waals surface area contributed by atoms with Crippen molar-refractivity contribution in [2.24, 2.45) is 0 Å². The Labute approximate surface area is 171 Å². The third-order valence-corrected chi connectivity index (χ3v) is 6.90. The van der Waals surface area contributed by atoms with Gasteiger partial charge in [0.2, 0.25) is 10.0 Å². The summed E-state index contributed by atoms with van der Waals surface area (Å²) in [5.41, 5.74) is 0.810. The normalized spacial score (nSPS) is 15.7. The number of ether oxygens (including phenoxy) is 2. The molecule has 1 heterocycles. The highest BCUT2D eigenvalue weighted by atomic mass is 32.2. The molecule has 9 heteroatoms. The van der Waals surface area contributed by atoms with Crippen LogP contribution >= 0.6 is 0 Å². The Bertz CT molecular complexity index is 968. The molecule has 0 bridgehead atoms. The van der Waals surface area contributed by atoms with Crippen molar-refractivity contribution in [2.45, 2.75) is 4.90 Å². The summed E-state index contributed by atoms with van der Waals surface area (Å²) < 4.78 is 37.6. The molecule has 0 aliphatic carbocycles. The molecular weight excluding hydrogens is 394 g/mol. The molecule has 1 fully saturated rings. The van der Waals surface area contributed by atoms with Gasteiger partial charge in [-0.2, -0.15) is 4.31 Å². The summed E-state index contributed by atoms with van der Waals surface area (Å²) >= 11 is 0. The van der Waals surface area contributed by atoms with Gasteiger partial charge in [0.15, 0.2) is 0 Å². The van der Waals surface area contributed by atoms with Crippen molar-refractivity contribution in [3.63, 3.8) is 0 Å². The number of methoxy groups -OCH3 is 2. The summed E-state index contributed by atoms with van der Waals surface area (Å²) in [7, 11) is 1.54. The van der Waals surface area contributed by atoms with E-state index in [9.17, 15) is 13.2 Å². The molecule has 0 unspecified atom stereocenters. The van der Waals surface area contributed by atoms with E-state index in [0.717, 1.165) is 13.1 Å². The predicted molar refractivity (Wildman–Crippen MR) is 109 cm³/mol. The number of benzene rings is 2. The molecule has 1 aliphatic heterocycles. The zero-order valence-corrected chi connectivity index (χ0v) is 17.6. The number of nitrogens with zero attached hydrogens (tertiary/aromatic N) is 1. The number of hydrogen-bond donors (Lipinski definition) is 2. The largest absolute Gasteiger partial charge is 0.497 e. The number of likely N-dealkylation sites (N-methyl/N-ethyl adjacent to an activating group) is 1. The topological polar surface area (TPSA) is 89.4 Å². The Morgan fingerprint density at radius 2 is 1.69 bits per heavy atom. The fourth-order valence-corrected chi connectivity index (χ4v) is 4.58. The molecule has 2 aromatic rings. The van der Waals surface area contributed by atoms with Gasteiger partial charge in [0.25, 0.3) is 5.91 Å². The highest BCUT2D eigenvalue weighted by Gasteiger charge is 2.29. The maximum absolute atomic E-state index is 12.8. The lowest BCUT2D eigenvalue weighted by atomic mass is 10.2. The quantitative estimate of drug-likeness (QED) is 0.710. The third kappa shape index (κ3) is 4.69. The number of rotatable bonds is 6. The summed E-state index contributed by atoms with van der Waals surface area (Å²) in [5, 5.41) is 2.77. The highest BCUT2D eigenvalue weighted by Crippen LogP contribution is 2.29. The van der Waals surface area contributed by atoms with Crippen LogP contribution in [0.4, 0.5) is 5.69 Å². The molecule has 2 N–H and O–H groups in total. The lowest BCUT2D eigenvalue weighted by molar-refractivity contribution is -0.883. The molecule has 156 valence electrons. The standard InChI is InChI=1S/C20H25N3O5S/c1-22-10-12-23(13-11-22)29(25,26)17-7-4-15(5-8-17)20(24)21-18-14-16(27-2)6-9-19(18)28-3/h4-9,14H,10-13H2,1-3H3,(H,21,24)/p+1. The molecule has 1 aliphatic rings. The number of nitrogens with one attached hydrogen (secondary N) is 2. The van der Waals surface area contributed by atoms with E-state index in [2.05, 4.69) is 12.4 Å². The molecule has 0 radical (unpaired) electrons. The zero-order chi connectivity index (χ0) is 21.0. The Morgan fingerprint density at radius 1 is 1.03 bits per heavy atom. The zero-order valence-electron chi connectivity index (χ0n) is 16.8. The van der Waals surface area contributed by atoms with Crippen LogP contribution in [0.5, 0.6) is 11.5 Å². The number of carbonyl (C=O) groups is 1. The smallest absolute Gasteiger partial charge is 0.255 e. The number of amides is 1. The fraction of sp³-hybridized carbons (Fsp3) is 0.350. The molecule has 0 spiro atoms. The molecular formula is C20H26N3O5S+. The maximum atomic E-state index is 12.8. The van der Waals surface area contributed by atoms with Crippen LogP contribution < -0.4 is 19.7 Å². The average molecular weight is 421 g/mol. The Morgan fingerprint density at radius 3 is 2.28 bits per heavy atom. The number of anilines is 1. The van der Waals surface area contributed by atoms with E-state index < -0.39 is 10.0 Å². The Hall–Kier alpha value is -2.62. The molecule has 0 saturated carbocycles. The minimum absolute atomic E-state index is 0.188. The van der Waals surface area contributed by atoms with Crippen LogP contribution in [0.3, 0.4) is 0 Å². The van der Waals surface area contributed by atoms with Gasteiger partial charge in [0.05, 0.1) is 58.0 Å². The van der Waals surface area contributed by atoms with Crippen LogP contribution in [-0.2, 0) is 10.0 Å². The minimum Gasteiger partial charge on any atom is -0.497 e. The molecule has 8 nitrogen and oxygen atoms in total. The van der Waals surface area contributed by atoms with Crippen molar-refractivity contribution < 1.29 is 27.6 Å². The molecule has 3 rings (SSSR count). The molecule has 0 aromatic heterocycles. The van der Waals surface area contributed by atoms with Gasteiger partial charge in [-0.05, 0) is 36.4 Å². The first-order valence-corrected chi connectivity index (χ1v) is 10.7. The van der Waals surface area contributed by atoms with Gasteiger partial charge >= 0.3 is 0 Å². The van der Waals surface area contributed by atoms with E-state index in [1.165, 1.54) is 47.7 Å². The van der Waals surface area contributed by atoms with E-state index in [0.29, 0.717) is 35.8 Å². The second-order valence-electron chi connectivity index (χ2n) is 6.91. The first-order valence-electron chi connectivity index (χ1n) is 9.30. The van der Waals surface area contributed by atoms with Crippen LogP contribution in [0.15, 0.2) is 47.4 Å². The van der Waals surface area contributed by atoms with Gasteiger partial charge < -0.3 is 19.7 Å². The van der Waals surface area contributed by atoms with Crippen molar-refractivity contribution in [1.82, 2.24) is 4.31 Å². The first-order chi connectivity index (χ1) is 13.8. The first kappa shape index (κ1) is 21.1. The average Bonchev–Trinajstić information content (AvgIpc) is 2.74. The minimum atomic E-state index is -3.55. The monoisotopic (exact) mass is 420 g/mol. The van der Waals surface area contributed by atoms with E-state index in [1.54, 1.807) is 18.2 Å². The van der Waals surface area contributed by atoms with Crippen LogP contribution in [-0.4, -0.2) is 66.1 Å². The van der Waals surface area contributed by atoms with Gasteiger partial charge in [-0.15, -0.1) is 0 Å². The van der Waals surface area contributed by atoms with Gasteiger partial charge in [0, 0.05) is 11.6 Å². The molecule has 1 amide bonds. The molecule has 29 heavy (non-hydrogen) atoms. The molecule has 1 saturated heterocycles. The lowest BCUT2D eigenvalue weighted by Gasteiger charge is -2.29.